The van der Waals surface area contributed by atoms with Crippen LogP contribution in [-0.4, -0.2) is 61.6 Å². The van der Waals surface area contributed by atoms with E-state index < -0.39 is 0 Å². The summed E-state index contributed by atoms with van der Waals surface area (Å²) in [6.45, 7) is 9.70. The van der Waals surface area contributed by atoms with Crippen molar-refractivity contribution in [1.82, 2.24) is 20.5 Å². The van der Waals surface area contributed by atoms with E-state index in [1.165, 1.54) is 46.7 Å². The Hall–Kier alpha value is -4.95. The molecule has 1 atom stereocenters. The summed E-state index contributed by atoms with van der Waals surface area (Å²) >= 11 is 0. The SMILES string of the molecule is C=N.CC1CCCN1.COc1ccc(CN(CCCc2c[nH]c3ccccc23)C(=N)CNC=O)cc1.Cc1cccc2ccccc12. The molecule has 0 aliphatic carbocycles. The molecule has 0 bridgehead atoms. The van der Waals surface area contributed by atoms with Gasteiger partial charge < -0.3 is 30.7 Å². The summed E-state index contributed by atoms with van der Waals surface area (Å²) in [5.41, 5.74) is 4.89. The number of amidine groups is 1. The number of nitrogens with one attached hydrogen (secondary N) is 5. The van der Waals surface area contributed by atoms with Crippen molar-refractivity contribution in [2.45, 2.75) is 52.1 Å². The number of carbonyl (C=O) groups is 1. The molecule has 1 saturated heterocycles. The zero-order chi connectivity index (χ0) is 33.9. The van der Waals surface area contributed by atoms with Crippen LogP contribution < -0.4 is 15.4 Å². The van der Waals surface area contributed by atoms with Crippen LogP contribution in [0.2, 0.25) is 0 Å². The van der Waals surface area contributed by atoms with Crippen LogP contribution in [0.5, 0.6) is 5.75 Å². The third-order valence-corrected chi connectivity index (χ3v) is 8.13. The quantitative estimate of drug-likeness (QED) is 0.0621. The molecular formula is C39H50N6O2. The van der Waals surface area contributed by atoms with Gasteiger partial charge in [0, 0.05) is 36.2 Å². The number of rotatable bonds is 10. The number of hydrogen-bond donors (Lipinski definition) is 5. The van der Waals surface area contributed by atoms with Gasteiger partial charge in [-0.15, -0.1) is 0 Å². The number of amides is 1. The average molecular weight is 635 g/mol. The van der Waals surface area contributed by atoms with Crippen LogP contribution in [0.4, 0.5) is 0 Å². The van der Waals surface area contributed by atoms with Crippen molar-refractivity contribution < 1.29 is 9.53 Å². The second-order valence-electron chi connectivity index (χ2n) is 11.5. The maximum absolute atomic E-state index is 10.6. The zero-order valence-electron chi connectivity index (χ0n) is 28.0. The monoisotopic (exact) mass is 634 g/mol. The highest BCUT2D eigenvalue weighted by atomic mass is 16.5. The molecule has 0 spiro atoms. The van der Waals surface area contributed by atoms with Crippen molar-refractivity contribution in [2.75, 3.05) is 26.7 Å². The number of ether oxygens (including phenoxy) is 1. The molecule has 1 aromatic heterocycles. The van der Waals surface area contributed by atoms with Gasteiger partial charge in [-0.05, 0) is 98.5 Å². The second kappa shape index (κ2) is 20.2. The highest BCUT2D eigenvalue weighted by molar-refractivity contribution is 5.85. The van der Waals surface area contributed by atoms with Crippen LogP contribution in [-0.2, 0) is 17.8 Å². The Morgan fingerprint density at radius 1 is 1.00 bits per heavy atom. The maximum Gasteiger partial charge on any atom is 0.207 e. The second-order valence-corrected chi connectivity index (χ2v) is 11.5. The summed E-state index contributed by atoms with van der Waals surface area (Å²) < 4.78 is 5.21. The van der Waals surface area contributed by atoms with Crippen molar-refractivity contribution in [2.24, 2.45) is 0 Å². The van der Waals surface area contributed by atoms with Crippen LogP contribution >= 0.6 is 0 Å². The van der Waals surface area contributed by atoms with Crippen molar-refractivity contribution >= 4 is 40.6 Å². The standard InChI is InChI=1S/C22H26N4O2.C11H10.C5H11N.CH3N/c1-28-19-10-8-17(9-11-19)15-26(22(23)14-24-16-27)12-4-5-18-13-25-21-7-3-2-6-20(18)21;1-9-5-4-7-10-6-2-3-8-11(9)10;1-5-3-2-4-6-5;1-2/h2-3,6-11,13,16,23,25H,4-5,12,14-15H2,1H3,(H,24,27);2-8H,1H3;5-6H,2-4H2,1H3;2H,1H2. The molecule has 5 aromatic rings. The summed E-state index contributed by atoms with van der Waals surface area (Å²) in [6.07, 6.45) is 7.30. The van der Waals surface area contributed by atoms with Gasteiger partial charge in [-0.2, -0.15) is 0 Å². The van der Waals surface area contributed by atoms with Gasteiger partial charge in [-0.25, -0.2) is 0 Å². The Kier molecular flexibility index (Phi) is 15.7. The Bertz CT molecular complexity index is 1640. The number of benzene rings is 4. The lowest BCUT2D eigenvalue weighted by atomic mass is 10.1. The van der Waals surface area contributed by atoms with Crippen molar-refractivity contribution in [3.63, 3.8) is 0 Å². The Morgan fingerprint density at radius 3 is 2.34 bits per heavy atom. The summed E-state index contributed by atoms with van der Waals surface area (Å²) in [7, 11) is 1.65. The number of nitrogens with zero attached hydrogens (tertiary/aromatic N) is 1. The smallest absolute Gasteiger partial charge is 0.207 e. The molecular weight excluding hydrogens is 584 g/mol. The minimum absolute atomic E-state index is 0.229. The van der Waals surface area contributed by atoms with E-state index in [-0.39, 0.29) is 6.54 Å². The van der Waals surface area contributed by atoms with Crippen LogP contribution in [0.1, 0.15) is 42.9 Å². The highest BCUT2D eigenvalue weighted by Crippen LogP contribution is 2.20. The third kappa shape index (κ3) is 11.7. The van der Waals surface area contributed by atoms with Gasteiger partial charge in [0.25, 0.3) is 0 Å². The first kappa shape index (κ1) is 36.5. The fourth-order valence-electron chi connectivity index (χ4n) is 5.56. The third-order valence-electron chi connectivity index (χ3n) is 8.13. The van der Waals surface area contributed by atoms with E-state index >= 15 is 0 Å². The van der Waals surface area contributed by atoms with Crippen molar-refractivity contribution in [3.05, 3.63) is 114 Å². The van der Waals surface area contributed by atoms with Gasteiger partial charge in [0.1, 0.15) is 11.6 Å². The molecule has 0 saturated carbocycles. The zero-order valence-corrected chi connectivity index (χ0v) is 28.0. The normalized spacial score (nSPS) is 13.2. The number of fused-ring (bicyclic) bond motifs is 2. The largest absolute Gasteiger partial charge is 0.497 e. The van der Waals surface area contributed by atoms with E-state index in [4.69, 9.17) is 15.6 Å². The number of aromatic nitrogens is 1. The molecule has 1 unspecified atom stereocenters. The molecule has 1 amide bonds. The lowest BCUT2D eigenvalue weighted by Gasteiger charge is -2.25. The summed E-state index contributed by atoms with van der Waals surface area (Å²) in [5.74, 6) is 1.22. The number of hydrogen-bond acceptors (Lipinski definition) is 5. The fraction of sp³-hybridized carbons (Fsp3) is 0.308. The summed E-state index contributed by atoms with van der Waals surface area (Å²) in [4.78, 5) is 15.9. The molecule has 4 aromatic carbocycles. The molecule has 1 aliphatic heterocycles. The van der Waals surface area contributed by atoms with E-state index in [1.807, 2.05) is 35.2 Å². The first-order valence-electron chi connectivity index (χ1n) is 16.2. The lowest BCUT2D eigenvalue weighted by Crippen LogP contribution is -2.37. The van der Waals surface area contributed by atoms with E-state index in [0.717, 1.165) is 42.3 Å². The van der Waals surface area contributed by atoms with Crippen LogP contribution in [0, 0.1) is 17.7 Å². The van der Waals surface area contributed by atoms with E-state index in [1.54, 1.807) is 7.11 Å². The minimum atomic E-state index is 0.229. The van der Waals surface area contributed by atoms with E-state index in [2.05, 4.69) is 103 Å². The molecule has 1 aliphatic rings. The van der Waals surface area contributed by atoms with Gasteiger partial charge in [-0.3, -0.25) is 10.2 Å². The number of H-pyrrole nitrogens is 1. The predicted octanol–water partition coefficient (Wildman–Crippen LogP) is 7.51. The predicted molar refractivity (Wildman–Crippen MR) is 197 cm³/mol. The first-order chi connectivity index (χ1) is 23.0. The molecule has 8 heteroatoms. The minimum Gasteiger partial charge on any atom is -0.497 e. The Balaban J connectivity index is 0.000000255. The van der Waals surface area contributed by atoms with E-state index in [9.17, 15) is 4.79 Å². The molecule has 5 N–H and O–H groups in total. The Morgan fingerprint density at radius 2 is 1.70 bits per heavy atom. The molecule has 6 rings (SSSR count). The van der Waals surface area contributed by atoms with E-state index in [0.29, 0.717) is 18.8 Å². The number of aryl methyl sites for hydroxylation is 2. The number of para-hydroxylation sites is 1. The summed E-state index contributed by atoms with van der Waals surface area (Å²) in [6, 6.07) is 31.8. The van der Waals surface area contributed by atoms with Gasteiger partial charge >= 0.3 is 0 Å². The van der Waals surface area contributed by atoms with Crippen LogP contribution in [0.15, 0.2) is 97.2 Å². The molecule has 8 nitrogen and oxygen atoms in total. The topological polar surface area (TPSA) is 117 Å². The van der Waals surface area contributed by atoms with Gasteiger partial charge in [0.15, 0.2) is 0 Å². The maximum atomic E-state index is 10.6. The first-order valence-corrected chi connectivity index (χ1v) is 16.2. The average Bonchev–Trinajstić information content (AvgIpc) is 3.78. The van der Waals surface area contributed by atoms with Gasteiger partial charge in [-0.1, -0.05) is 72.8 Å². The van der Waals surface area contributed by atoms with Crippen molar-refractivity contribution in [1.29, 1.82) is 10.8 Å². The number of carbonyl (C=O) groups excluding carboxylic acids is 1. The molecule has 248 valence electrons. The molecule has 47 heavy (non-hydrogen) atoms. The number of aromatic amines is 1. The van der Waals surface area contributed by atoms with Gasteiger partial charge in [0.2, 0.25) is 6.41 Å². The molecule has 0 radical (unpaired) electrons. The Labute approximate surface area is 279 Å². The van der Waals surface area contributed by atoms with Gasteiger partial charge in [0.05, 0.1) is 13.7 Å². The van der Waals surface area contributed by atoms with Crippen molar-refractivity contribution in [3.8, 4) is 5.75 Å². The van der Waals surface area contributed by atoms with Crippen LogP contribution in [0.3, 0.4) is 0 Å². The molecule has 1 fully saturated rings. The highest BCUT2D eigenvalue weighted by Gasteiger charge is 2.12. The fourth-order valence-corrected chi connectivity index (χ4v) is 5.56. The summed E-state index contributed by atoms with van der Waals surface area (Å²) in [5, 5.41) is 23.7. The number of methoxy groups -OCH3 is 1. The van der Waals surface area contributed by atoms with Crippen LogP contribution in [0.25, 0.3) is 21.7 Å². The lowest BCUT2D eigenvalue weighted by molar-refractivity contribution is -0.109. The molecule has 2 heterocycles.